The molecule has 1 N–H and O–H groups in total. The van der Waals surface area contributed by atoms with Crippen molar-refractivity contribution in [1.29, 1.82) is 0 Å². The van der Waals surface area contributed by atoms with E-state index in [-0.39, 0.29) is 0 Å². The largest absolute Gasteiger partial charge is 0.481 e. The Labute approximate surface area is 105 Å². The average Bonchev–Trinajstić information content (AvgIpc) is 2.15. The third-order valence-electron chi connectivity index (χ3n) is 3.10. The molecule has 0 aliphatic carbocycles. The van der Waals surface area contributed by atoms with Gasteiger partial charge in [-0.05, 0) is 33.6 Å². The lowest BCUT2D eigenvalue weighted by molar-refractivity contribution is -0.143. The highest BCUT2D eigenvalue weighted by Gasteiger charge is 2.36. The van der Waals surface area contributed by atoms with Crippen LogP contribution >= 0.6 is 0 Å². The summed E-state index contributed by atoms with van der Waals surface area (Å²) in [5.74, 6) is -1.39. The molecule has 0 aromatic heterocycles. The molecule has 0 aliphatic rings. The van der Waals surface area contributed by atoms with E-state index in [4.69, 9.17) is 0 Å². The van der Waals surface area contributed by atoms with Gasteiger partial charge >= 0.3 is 5.97 Å². The SMILES string of the molecule is C=C[C@](C)(CCC=C(C)C)[C@@H](C(=C)C)C(=O)O. The van der Waals surface area contributed by atoms with Gasteiger partial charge in [-0.1, -0.05) is 36.8 Å². The first-order valence-corrected chi connectivity index (χ1v) is 5.89. The molecule has 0 heterocycles. The Kier molecular flexibility index (Phi) is 5.94. The molecule has 0 aromatic rings. The number of carboxylic acid groups (broad SMARTS) is 1. The highest BCUT2D eigenvalue weighted by atomic mass is 16.4. The summed E-state index contributed by atoms with van der Waals surface area (Å²) in [5.41, 5.74) is 1.49. The van der Waals surface area contributed by atoms with Crippen molar-refractivity contribution in [3.05, 3.63) is 36.5 Å². The van der Waals surface area contributed by atoms with Crippen LogP contribution in [0.4, 0.5) is 0 Å². The van der Waals surface area contributed by atoms with E-state index in [1.54, 1.807) is 13.0 Å². The minimum atomic E-state index is -0.822. The fourth-order valence-electron chi connectivity index (χ4n) is 2.09. The highest BCUT2D eigenvalue weighted by Crippen LogP contribution is 2.38. The summed E-state index contributed by atoms with van der Waals surface area (Å²) in [6, 6.07) is 0. The van der Waals surface area contributed by atoms with Crippen LogP contribution in [0.3, 0.4) is 0 Å². The summed E-state index contributed by atoms with van der Waals surface area (Å²) in [7, 11) is 0. The van der Waals surface area contributed by atoms with Crippen LogP contribution in [0.15, 0.2) is 36.5 Å². The molecule has 0 unspecified atom stereocenters. The molecule has 0 spiro atoms. The molecular weight excluding hydrogens is 212 g/mol. The van der Waals surface area contributed by atoms with Gasteiger partial charge in [0.15, 0.2) is 0 Å². The van der Waals surface area contributed by atoms with Gasteiger partial charge in [0.25, 0.3) is 0 Å². The van der Waals surface area contributed by atoms with Gasteiger partial charge in [-0.25, -0.2) is 0 Å². The minimum absolute atomic E-state index is 0.441. The number of allylic oxidation sites excluding steroid dienone is 3. The second kappa shape index (κ2) is 6.43. The van der Waals surface area contributed by atoms with Crippen LogP contribution < -0.4 is 0 Å². The Balaban J connectivity index is 4.97. The first-order valence-electron chi connectivity index (χ1n) is 5.89. The Hall–Kier alpha value is -1.31. The molecule has 0 amide bonds. The molecule has 2 heteroatoms. The lowest BCUT2D eigenvalue weighted by Crippen LogP contribution is -2.32. The molecular formula is C15H24O2. The van der Waals surface area contributed by atoms with E-state index in [0.717, 1.165) is 12.8 Å². The van der Waals surface area contributed by atoms with E-state index in [1.807, 2.05) is 20.8 Å². The van der Waals surface area contributed by atoms with Crippen molar-refractivity contribution in [1.82, 2.24) is 0 Å². The maximum Gasteiger partial charge on any atom is 0.311 e. The molecule has 0 rings (SSSR count). The van der Waals surface area contributed by atoms with Gasteiger partial charge in [-0.2, -0.15) is 0 Å². The molecule has 0 bridgehead atoms. The molecule has 2 atom stereocenters. The smallest absolute Gasteiger partial charge is 0.311 e. The molecule has 96 valence electrons. The number of rotatable bonds is 7. The zero-order valence-corrected chi connectivity index (χ0v) is 11.4. The summed E-state index contributed by atoms with van der Waals surface area (Å²) in [4.78, 5) is 11.3. The quantitative estimate of drug-likeness (QED) is 0.672. The number of carboxylic acids is 1. The van der Waals surface area contributed by atoms with E-state index in [2.05, 4.69) is 19.2 Å². The lowest BCUT2D eigenvalue weighted by atomic mass is 9.71. The molecule has 2 nitrogen and oxygen atoms in total. The summed E-state index contributed by atoms with van der Waals surface area (Å²) < 4.78 is 0. The molecule has 0 saturated heterocycles. The van der Waals surface area contributed by atoms with Crippen LogP contribution in [0, 0.1) is 11.3 Å². The maximum absolute atomic E-state index is 11.3. The predicted molar refractivity (Wildman–Crippen MR) is 72.9 cm³/mol. The molecule has 17 heavy (non-hydrogen) atoms. The molecule has 0 aliphatic heterocycles. The van der Waals surface area contributed by atoms with Crippen LogP contribution in [0.2, 0.25) is 0 Å². The molecule has 0 fully saturated rings. The second-order valence-electron chi connectivity index (χ2n) is 5.15. The first kappa shape index (κ1) is 15.7. The van der Waals surface area contributed by atoms with E-state index in [0.29, 0.717) is 5.57 Å². The lowest BCUT2D eigenvalue weighted by Gasteiger charge is -2.32. The molecule has 0 saturated carbocycles. The third-order valence-corrected chi connectivity index (χ3v) is 3.10. The second-order valence-corrected chi connectivity index (χ2v) is 5.15. The van der Waals surface area contributed by atoms with Crippen LogP contribution in [0.5, 0.6) is 0 Å². The fourth-order valence-corrected chi connectivity index (χ4v) is 2.09. The first-order chi connectivity index (χ1) is 7.74. The summed E-state index contributed by atoms with van der Waals surface area (Å²) in [6.07, 6.45) is 5.51. The van der Waals surface area contributed by atoms with Gasteiger partial charge in [-0.15, -0.1) is 6.58 Å². The van der Waals surface area contributed by atoms with E-state index >= 15 is 0 Å². The van der Waals surface area contributed by atoms with Crippen molar-refractivity contribution in [3.8, 4) is 0 Å². The van der Waals surface area contributed by atoms with E-state index in [1.165, 1.54) is 5.57 Å². The van der Waals surface area contributed by atoms with Crippen molar-refractivity contribution in [2.75, 3.05) is 0 Å². The third kappa shape index (κ3) is 4.59. The van der Waals surface area contributed by atoms with E-state index in [9.17, 15) is 9.90 Å². The van der Waals surface area contributed by atoms with Crippen molar-refractivity contribution in [2.24, 2.45) is 11.3 Å². The molecule has 0 aromatic carbocycles. The maximum atomic E-state index is 11.3. The van der Waals surface area contributed by atoms with Gasteiger partial charge in [0.2, 0.25) is 0 Å². The predicted octanol–water partition coefficient (Wildman–Crippen LogP) is 4.20. The molecule has 0 radical (unpaired) electrons. The van der Waals surface area contributed by atoms with Crippen molar-refractivity contribution < 1.29 is 9.90 Å². The van der Waals surface area contributed by atoms with Crippen molar-refractivity contribution >= 4 is 5.97 Å². The van der Waals surface area contributed by atoms with Gasteiger partial charge in [0, 0.05) is 5.41 Å². The fraction of sp³-hybridized carbons (Fsp3) is 0.533. The number of carbonyl (C=O) groups is 1. The standard InChI is InChI=1S/C15H24O2/c1-7-15(6,10-8-9-11(2)3)13(12(4)5)14(16)17/h7,9,13H,1,4,8,10H2,2-3,5-6H3,(H,16,17)/t13-,15+/m0/s1. The van der Waals surface area contributed by atoms with Crippen molar-refractivity contribution in [2.45, 2.75) is 40.5 Å². The van der Waals surface area contributed by atoms with E-state index < -0.39 is 17.3 Å². The Morgan fingerprint density at radius 1 is 1.41 bits per heavy atom. The Bertz CT molecular complexity index is 321. The summed E-state index contributed by atoms with van der Waals surface area (Å²) in [5, 5.41) is 9.29. The van der Waals surface area contributed by atoms with Gasteiger partial charge < -0.3 is 5.11 Å². The van der Waals surface area contributed by atoms with Gasteiger partial charge in [0.05, 0.1) is 5.92 Å². The van der Waals surface area contributed by atoms with Gasteiger partial charge in [-0.3, -0.25) is 4.79 Å². The highest BCUT2D eigenvalue weighted by molar-refractivity contribution is 5.74. The topological polar surface area (TPSA) is 37.3 Å². The summed E-state index contributed by atoms with van der Waals surface area (Å²) >= 11 is 0. The number of aliphatic carboxylic acids is 1. The van der Waals surface area contributed by atoms with Crippen LogP contribution in [0.25, 0.3) is 0 Å². The van der Waals surface area contributed by atoms with Crippen LogP contribution in [0.1, 0.15) is 40.5 Å². The normalized spacial score (nSPS) is 15.5. The monoisotopic (exact) mass is 236 g/mol. The number of hydrogen-bond donors (Lipinski definition) is 1. The average molecular weight is 236 g/mol. The van der Waals surface area contributed by atoms with Crippen LogP contribution in [-0.2, 0) is 4.79 Å². The zero-order chi connectivity index (χ0) is 13.6. The zero-order valence-electron chi connectivity index (χ0n) is 11.4. The minimum Gasteiger partial charge on any atom is -0.481 e. The van der Waals surface area contributed by atoms with Crippen LogP contribution in [-0.4, -0.2) is 11.1 Å². The number of hydrogen-bond acceptors (Lipinski definition) is 1. The van der Waals surface area contributed by atoms with Gasteiger partial charge in [0.1, 0.15) is 0 Å². The van der Waals surface area contributed by atoms with Crippen molar-refractivity contribution in [3.63, 3.8) is 0 Å². The Morgan fingerprint density at radius 3 is 2.24 bits per heavy atom. The summed E-state index contributed by atoms with van der Waals surface area (Å²) in [6.45, 7) is 15.4. The Morgan fingerprint density at radius 2 is 1.94 bits per heavy atom.